The first-order valence-corrected chi connectivity index (χ1v) is 9.42. The quantitative estimate of drug-likeness (QED) is 0.693. The van der Waals surface area contributed by atoms with Crippen LogP contribution in [0.2, 0.25) is 0 Å². The number of hydrogen-bond donors (Lipinski definition) is 0. The molecule has 126 valence electrons. The molecule has 1 fully saturated rings. The van der Waals surface area contributed by atoms with Gasteiger partial charge in [0.1, 0.15) is 5.37 Å². The average Bonchev–Trinajstić information content (AvgIpc) is 2.96. The number of amides is 1. The van der Waals surface area contributed by atoms with Gasteiger partial charge in [0.25, 0.3) is 0 Å². The minimum absolute atomic E-state index is 0.0979. The van der Waals surface area contributed by atoms with Crippen LogP contribution < -0.4 is 4.90 Å². The van der Waals surface area contributed by atoms with E-state index in [1.807, 2.05) is 30.5 Å². The molecule has 1 saturated heterocycles. The van der Waals surface area contributed by atoms with Crippen LogP contribution in [0.25, 0.3) is 0 Å². The van der Waals surface area contributed by atoms with Gasteiger partial charge in [-0.15, -0.1) is 23.5 Å². The maximum Gasteiger partial charge on any atom is 0.416 e. The third-order valence-electron chi connectivity index (χ3n) is 3.72. The van der Waals surface area contributed by atoms with E-state index in [4.69, 9.17) is 0 Å². The molecule has 1 unspecified atom stereocenters. The summed E-state index contributed by atoms with van der Waals surface area (Å²) in [5.74, 6) is 0.157. The highest BCUT2D eigenvalue weighted by Crippen LogP contribution is 2.43. The second kappa shape index (κ2) is 6.72. The van der Waals surface area contributed by atoms with Crippen molar-refractivity contribution in [3.63, 3.8) is 0 Å². The molecule has 7 heteroatoms. The monoisotopic (exact) mass is 369 g/mol. The Hall–Kier alpha value is -1.60. The van der Waals surface area contributed by atoms with Crippen LogP contribution in [-0.2, 0) is 11.0 Å². The molecule has 2 aromatic rings. The van der Waals surface area contributed by atoms with Crippen molar-refractivity contribution in [2.24, 2.45) is 0 Å². The van der Waals surface area contributed by atoms with Gasteiger partial charge in [0.05, 0.1) is 11.3 Å². The lowest BCUT2D eigenvalue weighted by molar-refractivity contribution is -0.137. The van der Waals surface area contributed by atoms with Crippen LogP contribution in [0.1, 0.15) is 16.5 Å². The maximum atomic E-state index is 12.9. The van der Waals surface area contributed by atoms with Crippen LogP contribution in [0.5, 0.6) is 0 Å². The lowest BCUT2D eigenvalue weighted by Gasteiger charge is -2.25. The molecule has 1 aliphatic heterocycles. The molecular weight excluding hydrogens is 355 g/mol. The Morgan fingerprint density at radius 2 is 1.88 bits per heavy atom. The van der Waals surface area contributed by atoms with Crippen LogP contribution in [-0.4, -0.2) is 17.9 Å². The number of alkyl halides is 3. The number of benzene rings is 2. The second-order valence-corrected chi connectivity index (χ2v) is 7.20. The Balaban J connectivity index is 1.96. The van der Waals surface area contributed by atoms with E-state index in [0.717, 1.165) is 17.0 Å². The molecule has 3 rings (SSSR count). The molecule has 2 aromatic carbocycles. The lowest BCUT2D eigenvalue weighted by Crippen LogP contribution is -2.27. The van der Waals surface area contributed by atoms with Gasteiger partial charge in [-0.3, -0.25) is 9.69 Å². The first kappa shape index (κ1) is 17.2. The number of nitrogens with zero attached hydrogens (tertiary/aromatic N) is 1. The van der Waals surface area contributed by atoms with Crippen LogP contribution in [0.3, 0.4) is 0 Å². The smallest absolute Gasteiger partial charge is 0.295 e. The number of carbonyl (C=O) groups excluding carboxylic acids is 1. The van der Waals surface area contributed by atoms with Crippen molar-refractivity contribution < 1.29 is 18.0 Å². The van der Waals surface area contributed by atoms with E-state index in [9.17, 15) is 18.0 Å². The van der Waals surface area contributed by atoms with Gasteiger partial charge in [-0.05, 0) is 48.2 Å². The SMILES string of the molecule is CSc1ccc(N2C(=O)CSC2c2cccc(C(F)(F)F)c2)cc1. The van der Waals surface area contributed by atoms with E-state index in [-0.39, 0.29) is 11.7 Å². The van der Waals surface area contributed by atoms with Crippen molar-refractivity contribution in [3.05, 3.63) is 59.7 Å². The Morgan fingerprint density at radius 3 is 2.50 bits per heavy atom. The summed E-state index contributed by atoms with van der Waals surface area (Å²) in [5, 5.41) is -0.445. The van der Waals surface area contributed by atoms with Crippen LogP contribution in [0, 0.1) is 0 Å². The van der Waals surface area contributed by atoms with Crippen LogP contribution in [0.15, 0.2) is 53.4 Å². The largest absolute Gasteiger partial charge is 0.416 e. The van der Waals surface area contributed by atoms with E-state index >= 15 is 0 Å². The Morgan fingerprint density at radius 1 is 1.17 bits per heavy atom. The zero-order valence-electron chi connectivity index (χ0n) is 12.7. The molecule has 0 spiro atoms. The molecule has 1 atom stereocenters. The molecule has 2 nitrogen and oxygen atoms in total. The highest BCUT2D eigenvalue weighted by molar-refractivity contribution is 8.00. The minimum Gasteiger partial charge on any atom is -0.295 e. The van der Waals surface area contributed by atoms with Crippen molar-refractivity contribution >= 4 is 35.1 Å². The summed E-state index contributed by atoms with van der Waals surface area (Å²) in [5.41, 5.74) is 0.484. The average molecular weight is 369 g/mol. The zero-order valence-corrected chi connectivity index (χ0v) is 14.3. The molecule has 24 heavy (non-hydrogen) atoms. The first-order chi connectivity index (χ1) is 11.4. The third-order valence-corrected chi connectivity index (χ3v) is 5.67. The van der Waals surface area contributed by atoms with E-state index < -0.39 is 17.1 Å². The normalized spacial score (nSPS) is 18.2. The molecule has 0 bridgehead atoms. The predicted octanol–water partition coefficient (Wildman–Crippen LogP) is 5.21. The highest BCUT2D eigenvalue weighted by Gasteiger charge is 2.36. The maximum absolute atomic E-state index is 12.9. The van der Waals surface area contributed by atoms with Gasteiger partial charge >= 0.3 is 6.18 Å². The van der Waals surface area contributed by atoms with E-state index in [1.54, 1.807) is 22.7 Å². The van der Waals surface area contributed by atoms with Crippen molar-refractivity contribution in [2.75, 3.05) is 16.9 Å². The fourth-order valence-corrected chi connectivity index (χ4v) is 4.14. The van der Waals surface area contributed by atoms with Gasteiger partial charge < -0.3 is 0 Å². The van der Waals surface area contributed by atoms with E-state index in [1.165, 1.54) is 17.8 Å². The predicted molar refractivity (Wildman–Crippen MR) is 92.4 cm³/mol. The van der Waals surface area contributed by atoms with Crippen molar-refractivity contribution in [1.29, 1.82) is 0 Å². The Kier molecular flexibility index (Phi) is 4.83. The Labute approximate surface area is 146 Å². The zero-order chi connectivity index (χ0) is 17.3. The molecule has 1 aliphatic rings. The fourth-order valence-electron chi connectivity index (χ4n) is 2.56. The molecular formula is C17H14F3NOS2. The summed E-state index contributed by atoms with van der Waals surface area (Å²) in [6.07, 6.45) is -2.44. The van der Waals surface area contributed by atoms with Gasteiger partial charge in [0.15, 0.2) is 0 Å². The third kappa shape index (κ3) is 3.42. The van der Waals surface area contributed by atoms with Gasteiger partial charge in [0.2, 0.25) is 5.91 Å². The summed E-state index contributed by atoms with van der Waals surface area (Å²) < 4.78 is 38.8. The number of anilines is 1. The molecule has 0 aliphatic carbocycles. The number of halogens is 3. The molecule has 0 aromatic heterocycles. The van der Waals surface area contributed by atoms with Gasteiger partial charge in [-0.2, -0.15) is 13.2 Å². The fraction of sp³-hybridized carbons (Fsp3) is 0.235. The second-order valence-electron chi connectivity index (χ2n) is 5.25. The summed E-state index contributed by atoms with van der Waals surface area (Å²) in [6.45, 7) is 0. The van der Waals surface area contributed by atoms with Crippen LogP contribution in [0.4, 0.5) is 18.9 Å². The van der Waals surface area contributed by atoms with Gasteiger partial charge in [-0.1, -0.05) is 12.1 Å². The topological polar surface area (TPSA) is 20.3 Å². The Bertz CT molecular complexity index is 746. The van der Waals surface area contributed by atoms with Crippen molar-refractivity contribution in [3.8, 4) is 0 Å². The molecule has 0 N–H and O–H groups in total. The summed E-state index contributed by atoms with van der Waals surface area (Å²) in [4.78, 5) is 14.9. The molecule has 1 heterocycles. The molecule has 1 amide bonds. The van der Waals surface area contributed by atoms with Crippen molar-refractivity contribution in [2.45, 2.75) is 16.4 Å². The van der Waals surface area contributed by atoms with Crippen molar-refractivity contribution in [1.82, 2.24) is 0 Å². The minimum atomic E-state index is -4.39. The van der Waals surface area contributed by atoms with E-state index in [0.29, 0.717) is 11.3 Å². The molecule has 0 saturated carbocycles. The summed E-state index contributed by atoms with van der Waals surface area (Å²) in [7, 11) is 0. The number of carbonyl (C=O) groups is 1. The summed E-state index contributed by atoms with van der Waals surface area (Å²) >= 11 is 2.93. The first-order valence-electron chi connectivity index (χ1n) is 7.15. The molecule has 0 radical (unpaired) electrons. The standard InChI is InChI=1S/C17H14F3NOS2/c1-23-14-7-5-13(6-8-14)21-15(22)10-24-16(21)11-3-2-4-12(9-11)17(18,19)20/h2-9,16H,10H2,1H3. The van der Waals surface area contributed by atoms with Gasteiger partial charge in [0, 0.05) is 10.6 Å². The summed E-state index contributed by atoms with van der Waals surface area (Å²) in [6, 6.07) is 12.7. The van der Waals surface area contributed by atoms with Crippen LogP contribution >= 0.6 is 23.5 Å². The highest BCUT2D eigenvalue weighted by atomic mass is 32.2. The number of thioether (sulfide) groups is 2. The van der Waals surface area contributed by atoms with Gasteiger partial charge in [-0.25, -0.2) is 0 Å². The number of hydrogen-bond acceptors (Lipinski definition) is 3. The lowest BCUT2D eigenvalue weighted by atomic mass is 10.1. The van der Waals surface area contributed by atoms with E-state index in [2.05, 4.69) is 0 Å². The number of rotatable bonds is 3.